The molecule has 0 spiro atoms. The number of rotatable bonds is 6. The molecule has 0 bridgehead atoms. The van der Waals surface area contributed by atoms with E-state index in [9.17, 15) is 13.2 Å². The minimum atomic E-state index is -4.02. The Morgan fingerprint density at radius 1 is 1.00 bits per heavy atom. The summed E-state index contributed by atoms with van der Waals surface area (Å²) in [5.74, 6) is 0.863. The molecule has 7 nitrogen and oxygen atoms in total. The molecule has 0 fully saturated rings. The Kier molecular flexibility index (Phi) is 6.72. The number of aryl methyl sites for hydroxylation is 1. The lowest BCUT2D eigenvalue weighted by Crippen LogP contribution is -2.27. The Hall–Kier alpha value is -3.23. The lowest BCUT2D eigenvalue weighted by Gasteiger charge is -2.21. The van der Waals surface area contributed by atoms with Crippen LogP contribution in [-0.2, 0) is 10.0 Å². The smallest absolute Gasteiger partial charge is 0.263 e. The minimum absolute atomic E-state index is 0.0224. The van der Waals surface area contributed by atoms with Crippen molar-refractivity contribution in [2.45, 2.75) is 31.7 Å². The van der Waals surface area contributed by atoms with Crippen LogP contribution in [-0.4, -0.2) is 27.5 Å². The van der Waals surface area contributed by atoms with Crippen LogP contribution in [0.3, 0.4) is 0 Å². The van der Waals surface area contributed by atoms with Gasteiger partial charge in [-0.1, -0.05) is 29.8 Å². The van der Waals surface area contributed by atoms with Gasteiger partial charge >= 0.3 is 0 Å². The first-order valence-electron chi connectivity index (χ1n) is 10.7. The van der Waals surface area contributed by atoms with Crippen molar-refractivity contribution in [1.82, 2.24) is 5.32 Å². The SMILES string of the molecule is Cc1cccc(NS(=O)(=O)c2cc(C(=O)N[C@H](C)c3ccc4c(c3)OCCO4)ccc2Cl)c1C. The Morgan fingerprint density at radius 2 is 1.74 bits per heavy atom. The maximum Gasteiger partial charge on any atom is 0.263 e. The van der Waals surface area contributed by atoms with E-state index in [2.05, 4.69) is 10.0 Å². The predicted octanol–water partition coefficient (Wildman–Crippen LogP) is 5.02. The van der Waals surface area contributed by atoms with Crippen LogP contribution >= 0.6 is 11.6 Å². The number of ether oxygens (including phenoxy) is 2. The maximum atomic E-state index is 13.1. The summed E-state index contributed by atoms with van der Waals surface area (Å²) in [5.41, 5.74) is 3.22. The van der Waals surface area contributed by atoms with Crippen molar-refractivity contribution in [3.05, 3.63) is 81.9 Å². The van der Waals surface area contributed by atoms with Crippen molar-refractivity contribution in [3.63, 3.8) is 0 Å². The quantitative estimate of drug-likeness (QED) is 0.495. The molecule has 1 amide bonds. The van der Waals surface area contributed by atoms with Gasteiger partial charge in [0.25, 0.3) is 15.9 Å². The molecule has 1 aliphatic rings. The van der Waals surface area contributed by atoms with E-state index in [-0.39, 0.29) is 21.5 Å². The van der Waals surface area contributed by atoms with Gasteiger partial charge in [-0.3, -0.25) is 9.52 Å². The molecular formula is C25H25ClN2O5S. The standard InChI is InChI=1S/C25H25ClN2O5S/c1-15-5-4-6-21(16(15)2)28-34(30,31)24-14-19(7-9-20(24)26)25(29)27-17(3)18-8-10-22-23(13-18)33-12-11-32-22/h4-10,13-14,17,28H,11-12H2,1-3H3,(H,27,29)/t17-/m1/s1. The first kappa shape index (κ1) is 23.9. The molecule has 1 heterocycles. The van der Waals surface area contributed by atoms with Gasteiger partial charge in [0.05, 0.1) is 16.8 Å². The van der Waals surface area contributed by atoms with Crippen LogP contribution < -0.4 is 19.5 Å². The van der Waals surface area contributed by atoms with Crippen LogP contribution in [0.2, 0.25) is 5.02 Å². The summed E-state index contributed by atoms with van der Waals surface area (Å²) in [5, 5.41) is 2.91. The fraction of sp³-hybridized carbons (Fsp3) is 0.240. The number of anilines is 1. The molecule has 34 heavy (non-hydrogen) atoms. The van der Waals surface area contributed by atoms with Crippen LogP contribution in [0.4, 0.5) is 5.69 Å². The fourth-order valence-corrected chi connectivity index (χ4v) is 5.25. The highest BCUT2D eigenvalue weighted by molar-refractivity contribution is 7.92. The zero-order valence-corrected chi connectivity index (χ0v) is 20.6. The number of amides is 1. The average Bonchev–Trinajstić information content (AvgIpc) is 2.81. The highest BCUT2D eigenvalue weighted by Gasteiger charge is 2.22. The van der Waals surface area contributed by atoms with Gasteiger partial charge in [-0.05, 0) is 73.9 Å². The molecule has 9 heteroatoms. The van der Waals surface area contributed by atoms with Gasteiger partial charge in [0, 0.05) is 5.56 Å². The van der Waals surface area contributed by atoms with Gasteiger partial charge in [-0.2, -0.15) is 0 Å². The van der Waals surface area contributed by atoms with E-state index in [1.54, 1.807) is 18.2 Å². The van der Waals surface area contributed by atoms with E-state index in [4.69, 9.17) is 21.1 Å². The molecular weight excluding hydrogens is 476 g/mol. The Morgan fingerprint density at radius 3 is 2.50 bits per heavy atom. The Labute approximate surface area is 204 Å². The van der Waals surface area contributed by atoms with E-state index in [0.717, 1.165) is 16.7 Å². The molecule has 3 aromatic carbocycles. The summed E-state index contributed by atoms with van der Waals surface area (Å²) < 4.78 is 39.9. The zero-order valence-electron chi connectivity index (χ0n) is 19.0. The third kappa shape index (κ3) is 4.98. The summed E-state index contributed by atoms with van der Waals surface area (Å²) in [4.78, 5) is 12.8. The first-order valence-corrected chi connectivity index (χ1v) is 12.6. The molecule has 2 N–H and O–H groups in total. The normalized spacial score (nSPS) is 13.8. The molecule has 0 aromatic heterocycles. The van der Waals surface area contributed by atoms with Gasteiger partial charge in [0.2, 0.25) is 0 Å². The lowest BCUT2D eigenvalue weighted by molar-refractivity contribution is 0.0939. The van der Waals surface area contributed by atoms with Crippen LogP contribution in [0.15, 0.2) is 59.5 Å². The highest BCUT2D eigenvalue weighted by atomic mass is 35.5. The van der Waals surface area contributed by atoms with E-state index in [1.165, 1.54) is 18.2 Å². The van der Waals surface area contributed by atoms with Crippen molar-refractivity contribution in [2.24, 2.45) is 0 Å². The van der Waals surface area contributed by atoms with Gasteiger partial charge in [-0.15, -0.1) is 0 Å². The number of carbonyl (C=O) groups excluding carboxylic acids is 1. The zero-order chi connectivity index (χ0) is 24.5. The third-order valence-corrected chi connectivity index (χ3v) is 7.59. The second-order valence-electron chi connectivity index (χ2n) is 8.10. The first-order chi connectivity index (χ1) is 16.2. The monoisotopic (exact) mass is 500 g/mol. The lowest BCUT2D eigenvalue weighted by atomic mass is 10.1. The van der Waals surface area contributed by atoms with E-state index in [1.807, 2.05) is 39.0 Å². The van der Waals surface area contributed by atoms with Gasteiger partial charge < -0.3 is 14.8 Å². The molecule has 0 aliphatic carbocycles. The van der Waals surface area contributed by atoms with Crippen molar-refractivity contribution in [2.75, 3.05) is 17.9 Å². The second-order valence-corrected chi connectivity index (χ2v) is 10.2. The molecule has 0 radical (unpaired) electrons. The molecule has 0 saturated heterocycles. The summed E-state index contributed by atoms with van der Waals surface area (Å²) >= 11 is 6.22. The number of carbonyl (C=O) groups is 1. The van der Waals surface area contributed by atoms with E-state index in [0.29, 0.717) is 30.4 Å². The predicted molar refractivity (Wildman–Crippen MR) is 131 cm³/mol. The molecule has 3 aromatic rings. The van der Waals surface area contributed by atoms with Crippen molar-refractivity contribution >= 4 is 33.2 Å². The number of benzene rings is 3. The van der Waals surface area contributed by atoms with Crippen LogP contribution in [0.5, 0.6) is 11.5 Å². The summed E-state index contributed by atoms with van der Waals surface area (Å²) in [6.07, 6.45) is 0. The van der Waals surface area contributed by atoms with Crippen LogP contribution in [0.1, 0.15) is 40.0 Å². The fourth-order valence-electron chi connectivity index (χ4n) is 3.60. The number of halogens is 1. The van der Waals surface area contributed by atoms with E-state index >= 15 is 0 Å². The van der Waals surface area contributed by atoms with Gasteiger partial charge in [0.1, 0.15) is 18.1 Å². The number of nitrogens with one attached hydrogen (secondary N) is 2. The van der Waals surface area contributed by atoms with Crippen molar-refractivity contribution in [3.8, 4) is 11.5 Å². The average molecular weight is 501 g/mol. The number of hydrogen-bond acceptors (Lipinski definition) is 5. The van der Waals surface area contributed by atoms with Crippen molar-refractivity contribution in [1.29, 1.82) is 0 Å². The topological polar surface area (TPSA) is 93.7 Å². The van der Waals surface area contributed by atoms with Gasteiger partial charge in [-0.25, -0.2) is 8.42 Å². The minimum Gasteiger partial charge on any atom is -0.486 e. The molecule has 4 rings (SSSR count). The Balaban J connectivity index is 1.55. The number of sulfonamides is 1. The molecule has 1 aliphatic heterocycles. The largest absolute Gasteiger partial charge is 0.486 e. The van der Waals surface area contributed by atoms with Crippen LogP contribution in [0.25, 0.3) is 0 Å². The molecule has 0 saturated carbocycles. The molecule has 178 valence electrons. The molecule has 1 atom stereocenters. The number of fused-ring (bicyclic) bond motifs is 1. The van der Waals surface area contributed by atoms with Crippen molar-refractivity contribution < 1.29 is 22.7 Å². The third-order valence-electron chi connectivity index (χ3n) is 5.75. The number of hydrogen-bond donors (Lipinski definition) is 2. The summed E-state index contributed by atoms with van der Waals surface area (Å²) in [7, 11) is -4.02. The Bertz CT molecular complexity index is 1360. The maximum absolute atomic E-state index is 13.1. The van der Waals surface area contributed by atoms with E-state index < -0.39 is 15.9 Å². The van der Waals surface area contributed by atoms with Crippen LogP contribution in [0, 0.1) is 13.8 Å². The summed E-state index contributed by atoms with van der Waals surface area (Å²) in [6.45, 7) is 6.53. The highest BCUT2D eigenvalue weighted by Crippen LogP contribution is 2.33. The summed E-state index contributed by atoms with van der Waals surface area (Å²) in [6, 6.07) is 14.6. The second kappa shape index (κ2) is 9.56. The molecule has 0 unspecified atom stereocenters. The van der Waals surface area contributed by atoms with Gasteiger partial charge in [0.15, 0.2) is 11.5 Å².